The molecule has 0 radical (unpaired) electrons. The van der Waals surface area contributed by atoms with Gasteiger partial charge in [-0.1, -0.05) is 0 Å². The molecule has 0 fully saturated rings. The smallest absolute Gasteiger partial charge is 0.337 e. The molecule has 8 heteroatoms. The number of rotatable bonds is 3. The SMILES string of the molecule is CNc1ncnc(-c2cnn(C)c2)c1[N+](=O)[O-]. The summed E-state index contributed by atoms with van der Waals surface area (Å²) in [7, 11) is 3.30. The number of hydrogen-bond donors (Lipinski definition) is 1. The van der Waals surface area contributed by atoms with E-state index < -0.39 is 4.92 Å². The quantitative estimate of drug-likeness (QED) is 0.623. The molecule has 2 aromatic heterocycles. The van der Waals surface area contributed by atoms with Gasteiger partial charge in [0.1, 0.15) is 6.33 Å². The van der Waals surface area contributed by atoms with Crippen LogP contribution in [0.2, 0.25) is 0 Å². The van der Waals surface area contributed by atoms with Crippen LogP contribution in [0.15, 0.2) is 18.7 Å². The lowest BCUT2D eigenvalue weighted by atomic mass is 10.2. The van der Waals surface area contributed by atoms with Crippen molar-refractivity contribution in [2.75, 3.05) is 12.4 Å². The van der Waals surface area contributed by atoms with E-state index in [-0.39, 0.29) is 17.2 Å². The largest absolute Gasteiger partial charge is 0.367 e. The molecule has 88 valence electrons. The van der Waals surface area contributed by atoms with E-state index in [9.17, 15) is 10.1 Å². The average molecular weight is 234 g/mol. The van der Waals surface area contributed by atoms with Gasteiger partial charge in [-0.25, -0.2) is 9.97 Å². The zero-order chi connectivity index (χ0) is 12.4. The number of aryl methyl sites for hydroxylation is 1. The van der Waals surface area contributed by atoms with Crippen molar-refractivity contribution in [3.63, 3.8) is 0 Å². The molecule has 2 rings (SSSR count). The highest BCUT2D eigenvalue weighted by atomic mass is 16.6. The third kappa shape index (κ3) is 1.92. The van der Waals surface area contributed by atoms with Crippen molar-refractivity contribution in [3.05, 3.63) is 28.8 Å². The molecule has 2 heterocycles. The molecule has 0 amide bonds. The van der Waals surface area contributed by atoms with Crippen LogP contribution in [0, 0.1) is 10.1 Å². The summed E-state index contributed by atoms with van der Waals surface area (Å²) in [6.07, 6.45) is 4.46. The second-order valence-corrected chi connectivity index (χ2v) is 3.33. The lowest BCUT2D eigenvalue weighted by Gasteiger charge is -2.03. The third-order valence-corrected chi connectivity index (χ3v) is 2.22. The van der Waals surface area contributed by atoms with Gasteiger partial charge in [-0.15, -0.1) is 0 Å². The predicted octanol–water partition coefficient (Wildman–Crippen LogP) is 0.827. The summed E-state index contributed by atoms with van der Waals surface area (Å²) in [6.45, 7) is 0. The van der Waals surface area contributed by atoms with Crippen LogP contribution >= 0.6 is 0 Å². The minimum Gasteiger partial charge on any atom is -0.367 e. The Labute approximate surface area is 96.5 Å². The first-order valence-corrected chi connectivity index (χ1v) is 4.79. The molecule has 0 atom stereocenters. The second kappa shape index (κ2) is 4.16. The summed E-state index contributed by atoms with van der Waals surface area (Å²) in [5.74, 6) is 0.184. The van der Waals surface area contributed by atoms with Crippen molar-refractivity contribution >= 4 is 11.5 Å². The Kier molecular flexibility index (Phi) is 2.69. The van der Waals surface area contributed by atoms with Gasteiger partial charge in [0, 0.05) is 25.9 Å². The van der Waals surface area contributed by atoms with E-state index in [2.05, 4.69) is 20.4 Å². The van der Waals surface area contributed by atoms with E-state index in [1.54, 1.807) is 25.0 Å². The third-order valence-electron chi connectivity index (χ3n) is 2.22. The molecule has 0 spiro atoms. The summed E-state index contributed by atoms with van der Waals surface area (Å²) in [5, 5.41) is 17.7. The molecule has 0 aromatic carbocycles. The fraction of sp³-hybridized carbons (Fsp3) is 0.222. The summed E-state index contributed by atoms with van der Waals surface area (Å²) < 4.78 is 1.56. The van der Waals surface area contributed by atoms with Gasteiger partial charge in [0.15, 0.2) is 5.69 Å². The molecule has 0 aliphatic rings. The van der Waals surface area contributed by atoms with Crippen LogP contribution in [-0.2, 0) is 7.05 Å². The summed E-state index contributed by atoms with van der Waals surface area (Å²) in [5.41, 5.74) is 0.684. The highest BCUT2D eigenvalue weighted by Crippen LogP contribution is 2.31. The normalized spacial score (nSPS) is 10.2. The summed E-state index contributed by atoms with van der Waals surface area (Å²) >= 11 is 0. The summed E-state index contributed by atoms with van der Waals surface area (Å²) in [4.78, 5) is 18.3. The van der Waals surface area contributed by atoms with Gasteiger partial charge in [0.25, 0.3) is 0 Å². The Morgan fingerprint density at radius 1 is 1.47 bits per heavy atom. The lowest BCUT2D eigenvalue weighted by Crippen LogP contribution is -2.02. The maximum Gasteiger partial charge on any atom is 0.337 e. The Morgan fingerprint density at radius 2 is 2.24 bits per heavy atom. The van der Waals surface area contributed by atoms with Crippen LogP contribution in [-0.4, -0.2) is 31.7 Å². The lowest BCUT2D eigenvalue weighted by molar-refractivity contribution is -0.383. The monoisotopic (exact) mass is 234 g/mol. The van der Waals surface area contributed by atoms with Gasteiger partial charge >= 0.3 is 5.69 Å². The Balaban J connectivity index is 2.65. The first kappa shape index (κ1) is 11.0. The molecular weight excluding hydrogens is 224 g/mol. The molecular formula is C9H10N6O2. The van der Waals surface area contributed by atoms with Gasteiger partial charge in [0.05, 0.1) is 11.1 Å². The van der Waals surface area contributed by atoms with Crippen molar-refractivity contribution in [2.45, 2.75) is 0 Å². The maximum absolute atomic E-state index is 11.0. The highest BCUT2D eigenvalue weighted by molar-refractivity contribution is 5.75. The highest BCUT2D eigenvalue weighted by Gasteiger charge is 2.23. The van der Waals surface area contributed by atoms with E-state index in [1.807, 2.05) is 0 Å². The molecule has 0 bridgehead atoms. The van der Waals surface area contributed by atoms with Crippen LogP contribution in [0.4, 0.5) is 11.5 Å². The van der Waals surface area contributed by atoms with Gasteiger partial charge in [0.2, 0.25) is 5.82 Å². The van der Waals surface area contributed by atoms with Gasteiger partial charge in [-0.05, 0) is 0 Å². The minimum absolute atomic E-state index is 0.150. The number of nitrogens with one attached hydrogen (secondary N) is 1. The maximum atomic E-state index is 11.0. The van der Waals surface area contributed by atoms with E-state index in [0.717, 1.165) is 0 Å². The van der Waals surface area contributed by atoms with Crippen LogP contribution in [0.3, 0.4) is 0 Å². The predicted molar refractivity (Wildman–Crippen MR) is 60.4 cm³/mol. The number of anilines is 1. The molecule has 0 saturated heterocycles. The van der Waals surface area contributed by atoms with E-state index >= 15 is 0 Å². The Hall–Kier alpha value is -2.51. The van der Waals surface area contributed by atoms with Crippen molar-refractivity contribution < 1.29 is 4.92 Å². The van der Waals surface area contributed by atoms with Crippen molar-refractivity contribution in [1.29, 1.82) is 0 Å². The van der Waals surface area contributed by atoms with E-state index in [4.69, 9.17) is 0 Å². The first-order valence-electron chi connectivity index (χ1n) is 4.79. The number of nitrogens with zero attached hydrogens (tertiary/aromatic N) is 5. The molecule has 2 aromatic rings. The average Bonchev–Trinajstić information content (AvgIpc) is 2.74. The van der Waals surface area contributed by atoms with Gasteiger partial charge in [-0.3, -0.25) is 14.8 Å². The number of aromatic nitrogens is 4. The van der Waals surface area contributed by atoms with Crippen LogP contribution in [0.5, 0.6) is 0 Å². The van der Waals surface area contributed by atoms with Gasteiger partial charge < -0.3 is 5.32 Å². The molecule has 0 unspecified atom stereocenters. The first-order chi connectivity index (χ1) is 8.13. The standard InChI is InChI=1S/C9H10N6O2/c1-10-9-8(15(16)17)7(11-5-12-9)6-3-13-14(2)4-6/h3-5H,1-2H3,(H,10,11,12). The number of nitro groups is 1. The van der Waals surface area contributed by atoms with Gasteiger partial charge in [-0.2, -0.15) is 5.10 Å². The molecule has 1 N–H and O–H groups in total. The molecule has 0 aliphatic heterocycles. The van der Waals surface area contributed by atoms with Crippen molar-refractivity contribution in [1.82, 2.24) is 19.7 Å². The summed E-state index contributed by atoms with van der Waals surface area (Å²) in [6, 6.07) is 0. The molecule has 0 saturated carbocycles. The van der Waals surface area contributed by atoms with Crippen molar-refractivity contribution in [2.24, 2.45) is 7.05 Å². The number of hydrogen-bond acceptors (Lipinski definition) is 6. The van der Waals surface area contributed by atoms with E-state index in [1.165, 1.54) is 12.5 Å². The van der Waals surface area contributed by atoms with Crippen LogP contribution in [0.1, 0.15) is 0 Å². The fourth-order valence-electron chi connectivity index (χ4n) is 1.49. The zero-order valence-corrected chi connectivity index (χ0v) is 9.28. The zero-order valence-electron chi connectivity index (χ0n) is 9.28. The molecule has 0 aliphatic carbocycles. The van der Waals surface area contributed by atoms with Crippen molar-refractivity contribution in [3.8, 4) is 11.3 Å². The van der Waals surface area contributed by atoms with Crippen LogP contribution < -0.4 is 5.32 Å². The topological polar surface area (TPSA) is 98.8 Å². The molecule has 17 heavy (non-hydrogen) atoms. The van der Waals surface area contributed by atoms with E-state index in [0.29, 0.717) is 5.56 Å². The fourth-order valence-corrected chi connectivity index (χ4v) is 1.49. The Morgan fingerprint density at radius 3 is 2.76 bits per heavy atom. The Bertz CT molecular complexity index is 564. The molecule has 8 nitrogen and oxygen atoms in total. The van der Waals surface area contributed by atoms with Crippen LogP contribution in [0.25, 0.3) is 11.3 Å². The second-order valence-electron chi connectivity index (χ2n) is 3.33. The minimum atomic E-state index is -0.506.